The molecule has 3 nitrogen and oxygen atoms in total. The monoisotopic (exact) mass is 185 g/mol. The molecule has 1 rings (SSSR count). The molecule has 0 heterocycles. The zero-order valence-electron chi connectivity index (χ0n) is 7.24. The number of rotatable bonds is 1. The summed E-state index contributed by atoms with van der Waals surface area (Å²) in [6.07, 6.45) is 0. The number of carboxylic acid groups (broad SMARTS) is 1. The number of hydrogen-bond acceptors (Lipinski definition) is 2. The lowest BCUT2D eigenvalue weighted by Gasteiger charge is -1.92. The third-order valence-corrected chi connectivity index (χ3v) is 1.47. The molecule has 0 unspecified atom stereocenters. The summed E-state index contributed by atoms with van der Waals surface area (Å²) in [5.74, 6) is 6.66. The van der Waals surface area contributed by atoms with Crippen molar-refractivity contribution in [1.29, 1.82) is 0 Å². The zero-order valence-corrected chi connectivity index (χ0v) is 7.24. The van der Waals surface area contributed by atoms with Gasteiger partial charge in [0.15, 0.2) is 0 Å². The van der Waals surface area contributed by atoms with Crippen LogP contribution in [-0.4, -0.2) is 11.1 Å². The molecule has 0 bridgehead atoms. The van der Waals surface area contributed by atoms with Gasteiger partial charge in [0.25, 0.3) is 0 Å². The first-order valence-electron chi connectivity index (χ1n) is 3.79. The highest BCUT2D eigenvalue weighted by Gasteiger charge is 1.99. The minimum absolute atomic E-state index is 0.237. The van der Waals surface area contributed by atoms with E-state index < -0.39 is 5.97 Å². The summed E-state index contributed by atoms with van der Waals surface area (Å²) < 4.78 is 0. The van der Waals surface area contributed by atoms with Gasteiger partial charge in [-0.25, -0.2) is 4.79 Å². The summed E-state index contributed by atoms with van der Waals surface area (Å²) >= 11 is 0. The normalized spacial score (nSPS) is 7.71. The van der Waals surface area contributed by atoms with Gasteiger partial charge in [-0.1, -0.05) is 5.92 Å². The van der Waals surface area contributed by atoms with E-state index in [1.54, 1.807) is 12.1 Å². The molecule has 0 saturated carbocycles. The van der Waals surface area contributed by atoms with Crippen LogP contribution in [0.5, 0.6) is 0 Å². The SMILES string of the molecule is NC#CC#Cc1ccc(C(=O)O)cc1. The van der Waals surface area contributed by atoms with Crippen LogP contribution in [0.1, 0.15) is 15.9 Å². The van der Waals surface area contributed by atoms with E-state index in [1.165, 1.54) is 12.1 Å². The molecule has 0 aromatic heterocycles. The highest BCUT2D eigenvalue weighted by Crippen LogP contribution is 2.02. The van der Waals surface area contributed by atoms with E-state index in [2.05, 4.69) is 23.8 Å². The average molecular weight is 185 g/mol. The van der Waals surface area contributed by atoms with Crippen molar-refractivity contribution in [2.75, 3.05) is 0 Å². The first kappa shape index (κ1) is 9.70. The maximum Gasteiger partial charge on any atom is 0.335 e. The highest BCUT2D eigenvalue weighted by molar-refractivity contribution is 5.87. The Hall–Kier alpha value is -2.39. The van der Waals surface area contributed by atoms with Crippen LogP contribution in [0.2, 0.25) is 0 Å². The molecular formula is C11H7NO2. The third-order valence-electron chi connectivity index (χ3n) is 1.47. The van der Waals surface area contributed by atoms with Crippen molar-refractivity contribution in [3.63, 3.8) is 0 Å². The summed E-state index contributed by atoms with van der Waals surface area (Å²) in [5, 5.41) is 8.61. The number of aromatic carboxylic acids is 1. The van der Waals surface area contributed by atoms with Gasteiger partial charge in [-0.2, -0.15) is 0 Å². The van der Waals surface area contributed by atoms with Gasteiger partial charge in [-0.05, 0) is 30.2 Å². The van der Waals surface area contributed by atoms with E-state index in [-0.39, 0.29) is 5.56 Å². The molecule has 3 heteroatoms. The van der Waals surface area contributed by atoms with Crippen molar-refractivity contribution in [3.05, 3.63) is 35.4 Å². The number of benzene rings is 1. The Balaban J connectivity index is 2.89. The fourth-order valence-electron chi connectivity index (χ4n) is 0.836. The molecule has 0 radical (unpaired) electrons. The molecule has 1 aromatic rings. The fraction of sp³-hybridized carbons (Fsp3) is 0. The van der Waals surface area contributed by atoms with Gasteiger partial charge in [0.1, 0.15) is 0 Å². The molecule has 0 atom stereocenters. The molecule has 0 aliphatic rings. The lowest BCUT2D eigenvalue weighted by Crippen LogP contribution is -1.94. The Morgan fingerprint density at radius 3 is 2.36 bits per heavy atom. The minimum Gasteiger partial charge on any atom is -0.478 e. The Kier molecular flexibility index (Phi) is 3.18. The molecule has 3 N–H and O–H groups in total. The van der Waals surface area contributed by atoms with E-state index in [4.69, 9.17) is 10.8 Å². The number of carbonyl (C=O) groups is 1. The molecule has 1 aromatic carbocycles. The zero-order chi connectivity index (χ0) is 10.4. The van der Waals surface area contributed by atoms with Gasteiger partial charge >= 0.3 is 5.97 Å². The predicted octanol–water partition coefficient (Wildman–Crippen LogP) is 0.656. The van der Waals surface area contributed by atoms with E-state index in [9.17, 15) is 4.79 Å². The van der Waals surface area contributed by atoms with Crippen LogP contribution >= 0.6 is 0 Å². The Labute approximate surface area is 81.6 Å². The van der Waals surface area contributed by atoms with Crippen LogP contribution in [0.3, 0.4) is 0 Å². The van der Waals surface area contributed by atoms with Crippen LogP contribution in [0.15, 0.2) is 24.3 Å². The Bertz CT molecular complexity index is 452. The summed E-state index contributed by atoms with van der Waals surface area (Å²) in [7, 11) is 0. The quantitative estimate of drug-likeness (QED) is 0.499. The van der Waals surface area contributed by atoms with Crippen molar-refractivity contribution in [2.45, 2.75) is 0 Å². The van der Waals surface area contributed by atoms with Crippen molar-refractivity contribution < 1.29 is 9.90 Å². The summed E-state index contributed by atoms with van der Waals surface area (Å²) in [5.41, 5.74) is 5.86. The lowest BCUT2D eigenvalue weighted by molar-refractivity contribution is 0.0697. The first-order valence-corrected chi connectivity index (χ1v) is 3.79. The summed E-state index contributed by atoms with van der Waals surface area (Å²) in [4.78, 5) is 10.5. The molecule has 0 fully saturated rings. The molecule has 68 valence electrons. The van der Waals surface area contributed by atoms with Gasteiger partial charge in [-0.15, -0.1) is 0 Å². The van der Waals surface area contributed by atoms with Crippen LogP contribution in [0.4, 0.5) is 0 Å². The Morgan fingerprint density at radius 1 is 1.21 bits per heavy atom. The van der Waals surface area contributed by atoms with Gasteiger partial charge < -0.3 is 10.8 Å². The van der Waals surface area contributed by atoms with Crippen molar-refractivity contribution in [3.8, 4) is 23.8 Å². The second-order valence-corrected chi connectivity index (χ2v) is 2.40. The largest absolute Gasteiger partial charge is 0.478 e. The molecule has 0 aliphatic carbocycles. The summed E-state index contributed by atoms with van der Waals surface area (Å²) in [6.45, 7) is 0. The van der Waals surface area contributed by atoms with Crippen molar-refractivity contribution >= 4 is 5.97 Å². The molecule has 0 aliphatic heterocycles. The number of hydrogen-bond donors (Lipinski definition) is 2. The van der Waals surface area contributed by atoms with Gasteiger partial charge in [0.2, 0.25) is 0 Å². The standard InChI is InChI=1S/C11H7NO2/c12-8-2-1-3-9-4-6-10(7-5-9)11(13)14/h4-7H,12H2,(H,13,14). The smallest absolute Gasteiger partial charge is 0.335 e. The van der Waals surface area contributed by atoms with Crippen LogP contribution in [-0.2, 0) is 0 Å². The number of nitrogens with two attached hydrogens (primary N) is 1. The van der Waals surface area contributed by atoms with Crippen LogP contribution in [0, 0.1) is 23.8 Å². The molecule has 14 heavy (non-hydrogen) atoms. The second-order valence-electron chi connectivity index (χ2n) is 2.40. The molecular weight excluding hydrogens is 178 g/mol. The van der Waals surface area contributed by atoms with Crippen LogP contribution in [0.25, 0.3) is 0 Å². The van der Waals surface area contributed by atoms with Gasteiger partial charge in [0.05, 0.1) is 5.56 Å². The van der Waals surface area contributed by atoms with Gasteiger partial charge in [-0.3, -0.25) is 0 Å². The van der Waals surface area contributed by atoms with Crippen molar-refractivity contribution in [2.24, 2.45) is 5.73 Å². The minimum atomic E-state index is -0.953. The van der Waals surface area contributed by atoms with Gasteiger partial charge in [0, 0.05) is 17.5 Å². The average Bonchev–Trinajstić information content (AvgIpc) is 2.19. The molecule has 0 spiro atoms. The molecule has 0 saturated heterocycles. The van der Waals surface area contributed by atoms with E-state index in [0.717, 1.165) is 0 Å². The van der Waals surface area contributed by atoms with E-state index >= 15 is 0 Å². The lowest BCUT2D eigenvalue weighted by atomic mass is 10.1. The van der Waals surface area contributed by atoms with Crippen molar-refractivity contribution in [1.82, 2.24) is 0 Å². The number of carboxylic acids is 1. The predicted molar refractivity (Wildman–Crippen MR) is 52.2 cm³/mol. The Morgan fingerprint density at radius 2 is 1.86 bits per heavy atom. The fourth-order valence-corrected chi connectivity index (χ4v) is 0.836. The third kappa shape index (κ3) is 2.58. The second kappa shape index (κ2) is 4.59. The highest BCUT2D eigenvalue weighted by atomic mass is 16.4. The maximum absolute atomic E-state index is 10.5. The maximum atomic E-state index is 10.5. The first-order chi connectivity index (χ1) is 6.74. The molecule has 0 amide bonds. The summed E-state index contributed by atoms with van der Waals surface area (Å²) in [6, 6.07) is 8.37. The van der Waals surface area contributed by atoms with E-state index in [1.807, 2.05) is 0 Å². The van der Waals surface area contributed by atoms with Crippen LogP contribution < -0.4 is 5.73 Å². The van der Waals surface area contributed by atoms with E-state index in [0.29, 0.717) is 5.56 Å². The topological polar surface area (TPSA) is 63.3 Å².